The molecule has 0 aliphatic rings. The SMILES string of the molecule is CC[NH+]=C\C=C/C=C/C=C/c1ccc(NCCSSCCNc2ccc(/C=C/c3cccc[n+]3CC)cc2)cc1. The van der Waals surface area contributed by atoms with Crippen molar-refractivity contribution in [1.82, 2.24) is 0 Å². The molecule has 0 aliphatic carbocycles. The lowest BCUT2D eigenvalue weighted by Gasteiger charge is -2.08. The molecule has 0 fully saturated rings. The lowest BCUT2D eigenvalue weighted by Crippen LogP contribution is -2.67. The van der Waals surface area contributed by atoms with Gasteiger partial charge in [0.1, 0.15) is 13.1 Å². The van der Waals surface area contributed by atoms with Gasteiger partial charge in [-0.2, -0.15) is 4.57 Å². The average molecular weight is 571 g/mol. The third kappa shape index (κ3) is 12.6. The molecule has 3 rings (SSSR count). The zero-order valence-corrected chi connectivity index (χ0v) is 25.3. The maximum Gasteiger partial charge on any atom is 0.205 e. The zero-order chi connectivity index (χ0) is 28.1. The summed E-state index contributed by atoms with van der Waals surface area (Å²) in [5.41, 5.74) is 5.94. The zero-order valence-electron chi connectivity index (χ0n) is 23.6. The van der Waals surface area contributed by atoms with Gasteiger partial charge in [-0.1, -0.05) is 76.2 Å². The molecule has 0 amide bonds. The Morgan fingerprint density at radius 2 is 1.27 bits per heavy atom. The Morgan fingerprint density at radius 1 is 0.675 bits per heavy atom. The Hall–Kier alpha value is -3.48. The van der Waals surface area contributed by atoms with Gasteiger partial charge in [0.2, 0.25) is 5.69 Å². The van der Waals surface area contributed by atoms with Crippen molar-refractivity contribution in [2.24, 2.45) is 0 Å². The maximum absolute atomic E-state index is 3.52. The van der Waals surface area contributed by atoms with Gasteiger partial charge >= 0.3 is 0 Å². The summed E-state index contributed by atoms with van der Waals surface area (Å²) in [6, 6.07) is 23.5. The summed E-state index contributed by atoms with van der Waals surface area (Å²) in [5, 5.41) is 7.03. The van der Waals surface area contributed by atoms with E-state index in [0.29, 0.717) is 0 Å². The fraction of sp³-hybridized carbons (Fsp3) is 0.235. The first-order valence-corrected chi connectivity index (χ1v) is 16.4. The second kappa shape index (κ2) is 19.6. The minimum absolute atomic E-state index is 0.943. The fourth-order valence-electron chi connectivity index (χ4n) is 3.73. The molecule has 0 saturated carbocycles. The minimum Gasteiger partial charge on any atom is -0.384 e. The molecule has 0 aliphatic heterocycles. The molecule has 3 N–H and O–H groups in total. The quantitative estimate of drug-likeness (QED) is 0.0580. The maximum atomic E-state index is 3.52. The van der Waals surface area contributed by atoms with Gasteiger partial charge in [-0.25, -0.2) is 4.99 Å². The van der Waals surface area contributed by atoms with Crippen molar-refractivity contribution in [2.75, 3.05) is 41.8 Å². The monoisotopic (exact) mass is 570 g/mol. The van der Waals surface area contributed by atoms with Crippen LogP contribution in [0.3, 0.4) is 0 Å². The van der Waals surface area contributed by atoms with E-state index in [1.54, 1.807) is 0 Å². The van der Waals surface area contributed by atoms with E-state index in [0.717, 1.165) is 49.1 Å². The number of pyridine rings is 1. The number of nitrogens with zero attached hydrogens (tertiary/aromatic N) is 1. The Bertz CT molecular complexity index is 1260. The molecule has 0 saturated heterocycles. The smallest absolute Gasteiger partial charge is 0.205 e. The fourth-order valence-corrected chi connectivity index (χ4v) is 5.54. The second-order valence-corrected chi connectivity index (χ2v) is 11.5. The van der Waals surface area contributed by atoms with Crippen LogP contribution >= 0.6 is 21.6 Å². The molecule has 208 valence electrons. The summed E-state index contributed by atoms with van der Waals surface area (Å²) in [7, 11) is 3.83. The number of aryl methyl sites for hydroxylation is 1. The topological polar surface area (TPSA) is 41.9 Å². The number of rotatable bonds is 17. The van der Waals surface area contributed by atoms with Crippen LogP contribution in [0.4, 0.5) is 11.4 Å². The van der Waals surface area contributed by atoms with Gasteiger partial charge in [-0.15, -0.1) is 0 Å². The summed E-state index contributed by atoms with van der Waals surface area (Å²) >= 11 is 0. The van der Waals surface area contributed by atoms with Crippen molar-refractivity contribution < 1.29 is 9.56 Å². The van der Waals surface area contributed by atoms with E-state index in [2.05, 4.69) is 131 Å². The highest BCUT2D eigenvalue weighted by molar-refractivity contribution is 8.76. The molecule has 2 aromatic carbocycles. The number of aromatic nitrogens is 1. The van der Waals surface area contributed by atoms with Gasteiger partial charge in [0.05, 0.1) is 0 Å². The van der Waals surface area contributed by atoms with E-state index in [4.69, 9.17) is 0 Å². The van der Waals surface area contributed by atoms with E-state index in [1.807, 2.05) is 52.1 Å². The Morgan fingerprint density at radius 3 is 1.90 bits per heavy atom. The largest absolute Gasteiger partial charge is 0.384 e. The van der Waals surface area contributed by atoms with E-state index in [-0.39, 0.29) is 0 Å². The normalized spacial score (nSPS) is 12.1. The van der Waals surface area contributed by atoms with Crippen LogP contribution in [0.5, 0.6) is 0 Å². The molecule has 6 heteroatoms. The van der Waals surface area contributed by atoms with Crippen LogP contribution in [0.15, 0.2) is 103 Å². The number of benzene rings is 2. The van der Waals surface area contributed by atoms with Crippen molar-refractivity contribution in [2.45, 2.75) is 20.4 Å². The average Bonchev–Trinajstić information content (AvgIpc) is 3.00. The predicted octanol–water partition coefficient (Wildman–Crippen LogP) is 6.37. The Labute approximate surface area is 248 Å². The van der Waals surface area contributed by atoms with Gasteiger partial charge in [0, 0.05) is 60.3 Å². The van der Waals surface area contributed by atoms with E-state index >= 15 is 0 Å². The van der Waals surface area contributed by atoms with Gasteiger partial charge in [-0.05, 0) is 61.4 Å². The lowest BCUT2D eigenvalue weighted by atomic mass is 10.1. The van der Waals surface area contributed by atoms with Crippen LogP contribution < -0.4 is 20.2 Å². The molecular formula is C34H42N4S2+2. The first-order chi connectivity index (χ1) is 19.8. The highest BCUT2D eigenvalue weighted by atomic mass is 33.1. The van der Waals surface area contributed by atoms with Gasteiger partial charge in [0.25, 0.3) is 0 Å². The Balaban J connectivity index is 1.24. The number of anilines is 2. The van der Waals surface area contributed by atoms with E-state index in [9.17, 15) is 0 Å². The summed E-state index contributed by atoms with van der Waals surface area (Å²) in [4.78, 5) is 3.14. The molecule has 1 heterocycles. The van der Waals surface area contributed by atoms with Crippen molar-refractivity contribution in [3.05, 3.63) is 120 Å². The molecule has 0 atom stereocenters. The summed E-state index contributed by atoms with van der Waals surface area (Å²) in [6.07, 6.45) is 20.6. The van der Waals surface area contributed by atoms with Crippen LogP contribution in [0.1, 0.15) is 30.7 Å². The Kier molecular flexibility index (Phi) is 15.2. The summed E-state index contributed by atoms with van der Waals surface area (Å²) < 4.78 is 2.24. The van der Waals surface area contributed by atoms with Crippen LogP contribution in [0.2, 0.25) is 0 Å². The van der Waals surface area contributed by atoms with Crippen molar-refractivity contribution >= 4 is 57.4 Å². The molecule has 3 aromatic rings. The standard InChI is InChI=1S/C34H40N4S2/c1-3-35-24-10-7-5-6-8-12-30-14-19-32(20-15-30)36-25-28-39-40-29-26-37-33-21-16-31(17-22-33)18-23-34-13-9-11-27-38(34)4-2/h5-24,27H,3-4,25-26,28-29H2,1-2H3,(H,35,36)/p+2. The third-order valence-corrected chi connectivity index (χ3v) is 8.26. The van der Waals surface area contributed by atoms with Crippen LogP contribution in [0.25, 0.3) is 18.2 Å². The van der Waals surface area contributed by atoms with Crippen LogP contribution in [-0.4, -0.2) is 37.4 Å². The van der Waals surface area contributed by atoms with Gasteiger partial charge in [-0.3, -0.25) is 0 Å². The molecule has 1 aromatic heterocycles. The van der Waals surface area contributed by atoms with Gasteiger partial charge < -0.3 is 10.6 Å². The number of allylic oxidation sites excluding steroid dienone is 5. The first-order valence-electron chi connectivity index (χ1n) is 13.9. The third-order valence-electron chi connectivity index (χ3n) is 5.85. The second-order valence-electron chi connectivity index (χ2n) is 8.84. The summed E-state index contributed by atoms with van der Waals surface area (Å²) in [5.74, 6) is 2.13. The highest BCUT2D eigenvalue weighted by Crippen LogP contribution is 2.21. The number of hydrogen-bond acceptors (Lipinski definition) is 4. The molecule has 40 heavy (non-hydrogen) atoms. The number of nitrogens with one attached hydrogen (secondary N) is 3. The first kappa shape index (κ1) is 31.1. The van der Waals surface area contributed by atoms with Crippen LogP contribution in [0, 0.1) is 0 Å². The predicted molar refractivity (Wildman–Crippen MR) is 181 cm³/mol. The molecule has 0 unspecified atom stereocenters. The summed E-state index contributed by atoms with van der Waals surface area (Å²) in [6.45, 7) is 8.06. The van der Waals surface area contributed by atoms with Crippen LogP contribution in [-0.2, 0) is 6.54 Å². The molecule has 0 spiro atoms. The highest BCUT2D eigenvalue weighted by Gasteiger charge is 2.02. The van der Waals surface area contributed by atoms with E-state index < -0.39 is 0 Å². The van der Waals surface area contributed by atoms with Crippen molar-refractivity contribution in [1.29, 1.82) is 0 Å². The minimum atomic E-state index is 0.943. The molecule has 4 nitrogen and oxygen atoms in total. The number of hydrogen-bond donors (Lipinski definition) is 3. The van der Waals surface area contributed by atoms with Crippen molar-refractivity contribution in [3.63, 3.8) is 0 Å². The molecular weight excluding hydrogens is 529 g/mol. The molecule has 0 bridgehead atoms. The molecule has 0 radical (unpaired) electrons. The van der Waals surface area contributed by atoms with E-state index in [1.165, 1.54) is 16.8 Å². The van der Waals surface area contributed by atoms with Crippen molar-refractivity contribution in [3.8, 4) is 0 Å². The lowest BCUT2D eigenvalue weighted by molar-refractivity contribution is -0.695. The van der Waals surface area contributed by atoms with Gasteiger partial charge in [0.15, 0.2) is 12.4 Å².